The Balaban J connectivity index is 1.28. The second-order valence-corrected chi connectivity index (χ2v) is 9.03. The number of aromatic nitrogens is 3. The fraction of sp³-hybridized carbons (Fsp3) is 0.375. The minimum Gasteiger partial charge on any atom is -0.484 e. The van der Waals surface area contributed by atoms with Gasteiger partial charge in [-0.15, -0.1) is 10.2 Å². The van der Waals surface area contributed by atoms with Crippen LogP contribution in [0.25, 0.3) is 16.6 Å². The number of furan rings is 1. The summed E-state index contributed by atoms with van der Waals surface area (Å²) in [5.74, 6) is 3.22. The normalized spacial score (nSPS) is 14.4. The lowest BCUT2D eigenvalue weighted by Crippen LogP contribution is -2.34. The molecule has 3 heterocycles. The molecule has 1 atom stereocenters. The molecular formula is C24H26N4O3S. The van der Waals surface area contributed by atoms with Crippen LogP contribution in [0.2, 0.25) is 0 Å². The summed E-state index contributed by atoms with van der Waals surface area (Å²) in [6.07, 6.45) is 9.12. The Morgan fingerprint density at radius 2 is 2.16 bits per heavy atom. The zero-order valence-electron chi connectivity index (χ0n) is 18.0. The molecule has 0 aliphatic heterocycles. The number of nitrogens with one attached hydrogen (secondary N) is 1. The summed E-state index contributed by atoms with van der Waals surface area (Å²) >= 11 is 1.73. The first-order chi connectivity index (χ1) is 15.7. The quantitative estimate of drug-likeness (QED) is 0.430. The molecule has 0 spiro atoms. The number of nitrogens with zero attached hydrogens (tertiary/aromatic N) is 3. The van der Waals surface area contributed by atoms with E-state index < -0.39 is 0 Å². The zero-order valence-corrected chi connectivity index (χ0v) is 18.9. The van der Waals surface area contributed by atoms with E-state index in [0.29, 0.717) is 5.75 Å². The average Bonchev–Trinajstić information content (AvgIpc) is 3.42. The summed E-state index contributed by atoms with van der Waals surface area (Å²) in [4.78, 5) is 12.7. The fourth-order valence-electron chi connectivity index (χ4n) is 4.32. The minimum atomic E-state index is -0.237. The van der Waals surface area contributed by atoms with Crippen LogP contribution in [0, 0.1) is 0 Å². The van der Waals surface area contributed by atoms with Crippen LogP contribution < -0.4 is 10.1 Å². The van der Waals surface area contributed by atoms with Gasteiger partial charge in [0.25, 0.3) is 5.91 Å². The number of benzene rings is 1. The molecule has 5 rings (SSSR count). The number of hydrogen-bond acceptors (Lipinski definition) is 6. The van der Waals surface area contributed by atoms with Crippen LogP contribution >= 0.6 is 11.8 Å². The first-order valence-corrected chi connectivity index (χ1v) is 12.4. The van der Waals surface area contributed by atoms with Crippen molar-refractivity contribution in [1.82, 2.24) is 19.9 Å². The summed E-state index contributed by atoms with van der Waals surface area (Å²) in [7, 11) is 0. The number of fused-ring (bicyclic) bond motifs is 4. The maximum atomic E-state index is 12.7. The van der Waals surface area contributed by atoms with Crippen molar-refractivity contribution in [3.63, 3.8) is 0 Å². The van der Waals surface area contributed by atoms with Crippen molar-refractivity contribution in [2.75, 3.05) is 18.6 Å². The molecule has 8 heteroatoms. The third-order valence-corrected chi connectivity index (χ3v) is 6.54. The monoisotopic (exact) mass is 450 g/mol. The summed E-state index contributed by atoms with van der Waals surface area (Å²) < 4.78 is 13.7. The Labute approximate surface area is 190 Å². The molecule has 1 aromatic carbocycles. The zero-order chi connectivity index (χ0) is 21.9. The highest BCUT2D eigenvalue weighted by atomic mass is 32.2. The van der Waals surface area contributed by atoms with E-state index in [1.807, 2.05) is 47.0 Å². The van der Waals surface area contributed by atoms with Crippen molar-refractivity contribution in [2.45, 2.75) is 38.1 Å². The summed E-state index contributed by atoms with van der Waals surface area (Å²) in [5, 5.41) is 12.7. The number of amides is 1. The molecule has 1 unspecified atom stereocenters. The average molecular weight is 451 g/mol. The highest BCUT2D eigenvalue weighted by Crippen LogP contribution is 2.34. The third kappa shape index (κ3) is 4.19. The molecule has 0 fully saturated rings. The molecule has 1 amide bonds. The van der Waals surface area contributed by atoms with E-state index in [2.05, 4.69) is 21.8 Å². The topological polar surface area (TPSA) is 81.7 Å². The van der Waals surface area contributed by atoms with E-state index in [1.54, 1.807) is 11.8 Å². The molecular weight excluding hydrogens is 424 g/mol. The van der Waals surface area contributed by atoms with E-state index in [0.717, 1.165) is 53.2 Å². The molecule has 32 heavy (non-hydrogen) atoms. The van der Waals surface area contributed by atoms with Gasteiger partial charge in [0.2, 0.25) is 0 Å². The minimum absolute atomic E-state index is 0.0575. The van der Waals surface area contributed by atoms with Gasteiger partial charge in [-0.1, -0.05) is 6.07 Å². The second kappa shape index (κ2) is 9.24. The van der Waals surface area contributed by atoms with Gasteiger partial charge in [-0.05, 0) is 68.0 Å². The van der Waals surface area contributed by atoms with Gasteiger partial charge < -0.3 is 14.5 Å². The van der Waals surface area contributed by atoms with Crippen LogP contribution in [0.1, 0.15) is 42.5 Å². The molecule has 3 aromatic heterocycles. The Kier molecular flexibility index (Phi) is 6.03. The van der Waals surface area contributed by atoms with Gasteiger partial charge >= 0.3 is 0 Å². The smallest absolute Gasteiger partial charge is 0.258 e. The molecule has 1 aliphatic carbocycles. The van der Waals surface area contributed by atoms with E-state index in [4.69, 9.17) is 9.15 Å². The van der Waals surface area contributed by atoms with Crippen molar-refractivity contribution < 1.29 is 13.9 Å². The maximum Gasteiger partial charge on any atom is 0.258 e. The summed E-state index contributed by atoms with van der Waals surface area (Å²) in [5.41, 5.74) is 2.94. The van der Waals surface area contributed by atoms with Crippen LogP contribution in [0.4, 0.5) is 0 Å². The molecule has 0 radical (unpaired) electrons. The summed E-state index contributed by atoms with van der Waals surface area (Å²) in [6, 6.07) is 11.3. The van der Waals surface area contributed by atoms with E-state index in [9.17, 15) is 4.79 Å². The highest BCUT2D eigenvalue weighted by molar-refractivity contribution is 7.98. The van der Waals surface area contributed by atoms with Gasteiger partial charge in [-0.25, -0.2) is 0 Å². The Bertz CT molecular complexity index is 1250. The maximum absolute atomic E-state index is 12.7. The highest BCUT2D eigenvalue weighted by Gasteiger charge is 2.21. The molecule has 4 aromatic rings. The molecule has 0 saturated carbocycles. The standard InChI is InChI=1S/C24H26N4O3S/c1-32-13-11-19(24-27-26-22-8-4-5-12-28(22)24)25-23(29)15-30-16-9-10-21-18(14-16)17-6-2-3-7-20(17)31-21/h4-5,8-10,12,14,19H,2-3,6-7,11,13,15H2,1H3,(H,25,29). The van der Waals surface area contributed by atoms with Crippen molar-refractivity contribution in [3.8, 4) is 5.75 Å². The van der Waals surface area contributed by atoms with Crippen LogP contribution in [-0.2, 0) is 17.6 Å². The first-order valence-electron chi connectivity index (χ1n) is 11.0. The van der Waals surface area contributed by atoms with Crippen molar-refractivity contribution in [1.29, 1.82) is 0 Å². The van der Waals surface area contributed by atoms with Crippen molar-refractivity contribution >= 4 is 34.3 Å². The Morgan fingerprint density at radius 1 is 1.25 bits per heavy atom. The number of pyridine rings is 1. The number of aryl methyl sites for hydroxylation is 2. The van der Waals surface area contributed by atoms with Crippen LogP contribution in [-0.4, -0.2) is 39.1 Å². The van der Waals surface area contributed by atoms with Gasteiger partial charge in [0.15, 0.2) is 18.1 Å². The van der Waals surface area contributed by atoms with Crippen LogP contribution in [0.5, 0.6) is 5.75 Å². The SMILES string of the molecule is CSCCC(NC(=O)COc1ccc2oc3c(c2c1)CCCC3)c1nnc2ccccn12. The molecule has 0 bridgehead atoms. The van der Waals surface area contributed by atoms with Gasteiger partial charge in [-0.3, -0.25) is 9.20 Å². The molecule has 1 aliphatic rings. The van der Waals surface area contributed by atoms with E-state index >= 15 is 0 Å². The lowest BCUT2D eigenvalue weighted by Gasteiger charge is -2.17. The predicted molar refractivity (Wildman–Crippen MR) is 125 cm³/mol. The molecule has 1 N–H and O–H groups in total. The van der Waals surface area contributed by atoms with Gasteiger partial charge in [0, 0.05) is 23.6 Å². The van der Waals surface area contributed by atoms with E-state index in [1.165, 1.54) is 18.4 Å². The van der Waals surface area contributed by atoms with Crippen LogP contribution in [0.3, 0.4) is 0 Å². The number of carbonyl (C=O) groups is 1. The predicted octanol–water partition coefficient (Wildman–Crippen LogP) is 4.34. The number of thioether (sulfide) groups is 1. The molecule has 0 saturated heterocycles. The number of hydrogen-bond donors (Lipinski definition) is 1. The summed E-state index contributed by atoms with van der Waals surface area (Å²) in [6.45, 7) is -0.0575. The fourth-order valence-corrected chi connectivity index (χ4v) is 4.79. The van der Waals surface area contributed by atoms with E-state index in [-0.39, 0.29) is 18.6 Å². The van der Waals surface area contributed by atoms with Gasteiger partial charge in [-0.2, -0.15) is 11.8 Å². The lowest BCUT2D eigenvalue weighted by atomic mass is 9.96. The number of ether oxygens (including phenoxy) is 1. The molecule has 166 valence electrons. The lowest BCUT2D eigenvalue weighted by molar-refractivity contribution is -0.123. The largest absolute Gasteiger partial charge is 0.484 e. The van der Waals surface area contributed by atoms with Crippen molar-refractivity contribution in [2.24, 2.45) is 0 Å². The number of rotatable bonds is 8. The third-order valence-electron chi connectivity index (χ3n) is 5.89. The Morgan fingerprint density at radius 3 is 3.06 bits per heavy atom. The van der Waals surface area contributed by atoms with Crippen LogP contribution in [0.15, 0.2) is 47.0 Å². The van der Waals surface area contributed by atoms with Gasteiger partial charge in [0.1, 0.15) is 17.1 Å². The number of carbonyl (C=O) groups excluding carboxylic acids is 1. The molecule has 7 nitrogen and oxygen atoms in total. The van der Waals surface area contributed by atoms with Crippen molar-refractivity contribution in [3.05, 3.63) is 59.7 Å². The first kappa shape index (κ1) is 20.9. The second-order valence-electron chi connectivity index (χ2n) is 8.05. The van der Waals surface area contributed by atoms with Gasteiger partial charge in [0.05, 0.1) is 6.04 Å². The Hall–Kier alpha value is -3.00.